The van der Waals surface area contributed by atoms with Crippen molar-refractivity contribution in [2.45, 2.75) is 51.9 Å². The van der Waals surface area contributed by atoms with Crippen molar-refractivity contribution in [3.8, 4) is 5.75 Å². The van der Waals surface area contributed by atoms with Crippen molar-refractivity contribution in [3.05, 3.63) is 29.8 Å². The highest BCUT2D eigenvalue weighted by Gasteiger charge is 2.27. The first-order valence-electron chi connectivity index (χ1n) is 9.78. The number of amides is 1. The molecule has 0 radical (unpaired) electrons. The van der Waals surface area contributed by atoms with Gasteiger partial charge in [0.15, 0.2) is 5.78 Å². The van der Waals surface area contributed by atoms with Crippen LogP contribution in [0.25, 0.3) is 0 Å². The van der Waals surface area contributed by atoms with Crippen molar-refractivity contribution < 1.29 is 24.2 Å². The largest absolute Gasteiger partial charge is 0.494 e. The van der Waals surface area contributed by atoms with Crippen LogP contribution in [0.2, 0.25) is 0 Å². The van der Waals surface area contributed by atoms with Gasteiger partial charge in [0.2, 0.25) is 5.91 Å². The second-order valence-corrected chi connectivity index (χ2v) is 7.00. The Morgan fingerprint density at radius 3 is 2.33 bits per heavy atom. The summed E-state index contributed by atoms with van der Waals surface area (Å²) < 4.78 is 5.63. The van der Waals surface area contributed by atoms with Crippen LogP contribution in [0.1, 0.15) is 62.2 Å². The van der Waals surface area contributed by atoms with Gasteiger partial charge in [0.05, 0.1) is 12.5 Å². The van der Waals surface area contributed by atoms with Gasteiger partial charge in [-0.15, -0.1) is 0 Å². The van der Waals surface area contributed by atoms with Crippen molar-refractivity contribution in [3.63, 3.8) is 0 Å². The van der Waals surface area contributed by atoms with E-state index >= 15 is 0 Å². The van der Waals surface area contributed by atoms with E-state index in [9.17, 15) is 14.4 Å². The summed E-state index contributed by atoms with van der Waals surface area (Å²) in [4.78, 5) is 37.2. The first kappa shape index (κ1) is 20.9. The molecule has 6 nitrogen and oxygen atoms in total. The summed E-state index contributed by atoms with van der Waals surface area (Å²) in [5.41, 5.74) is 0.577. The number of aliphatic carboxylic acids is 1. The molecule has 0 bridgehead atoms. The van der Waals surface area contributed by atoms with Gasteiger partial charge in [0.25, 0.3) is 0 Å². The smallest absolute Gasteiger partial charge is 0.306 e. The lowest BCUT2D eigenvalue weighted by Gasteiger charge is -2.30. The molecule has 6 heteroatoms. The van der Waals surface area contributed by atoms with Crippen LogP contribution >= 0.6 is 0 Å². The summed E-state index contributed by atoms with van der Waals surface area (Å²) in [6.07, 6.45) is 4.58. The Morgan fingerprint density at radius 1 is 1.07 bits per heavy atom. The average molecular weight is 375 g/mol. The van der Waals surface area contributed by atoms with Gasteiger partial charge in [-0.3, -0.25) is 14.4 Å². The van der Waals surface area contributed by atoms with Gasteiger partial charge in [-0.1, -0.05) is 19.8 Å². The molecule has 0 unspecified atom stereocenters. The highest BCUT2D eigenvalue weighted by Crippen LogP contribution is 2.19. The number of carbonyl (C=O) groups excluding carboxylic acids is 2. The highest BCUT2D eigenvalue weighted by molar-refractivity contribution is 5.98. The summed E-state index contributed by atoms with van der Waals surface area (Å²) in [5.74, 6) is -0.558. The molecule has 0 aliphatic carbocycles. The van der Waals surface area contributed by atoms with E-state index in [0.29, 0.717) is 38.1 Å². The van der Waals surface area contributed by atoms with Crippen molar-refractivity contribution in [2.24, 2.45) is 5.92 Å². The number of carboxylic acid groups (broad SMARTS) is 1. The predicted molar refractivity (Wildman–Crippen MR) is 102 cm³/mol. The third-order valence-electron chi connectivity index (χ3n) is 4.96. The zero-order chi connectivity index (χ0) is 19.6. The molecule has 1 heterocycles. The third kappa shape index (κ3) is 6.70. The first-order chi connectivity index (χ1) is 13.0. The molecule has 0 spiro atoms. The van der Waals surface area contributed by atoms with Crippen LogP contribution in [0.3, 0.4) is 0 Å². The number of nitrogens with zero attached hydrogens (tertiary/aromatic N) is 1. The molecule has 0 aromatic heterocycles. The fourth-order valence-electron chi connectivity index (χ4n) is 3.18. The molecule has 148 valence electrons. The number of carboxylic acids is 1. The average Bonchev–Trinajstić information content (AvgIpc) is 2.69. The van der Waals surface area contributed by atoms with E-state index in [1.807, 2.05) is 0 Å². The predicted octanol–water partition coefficient (Wildman–Crippen LogP) is 3.54. The number of hydrogen-bond donors (Lipinski definition) is 1. The molecular weight excluding hydrogens is 346 g/mol. The fourth-order valence-corrected chi connectivity index (χ4v) is 3.18. The molecule has 0 saturated carbocycles. The van der Waals surface area contributed by atoms with Crippen molar-refractivity contribution in [1.29, 1.82) is 0 Å². The van der Waals surface area contributed by atoms with E-state index in [2.05, 4.69) is 6.92 Å². The van der Waals surface area contributed by atoms with Crippen molar-refractivity contribution in [2.75, 3.05) is 19.7 Å². The summed E-state index contributed by atoms with van der Waals surface area (Å²) in [6, 6.07) is 7.05. The van der Waals surface area contributed by atoms with Crippen LogP contribution in [0, 0.1) is 5.92 Å². The number of ketones is 1. The van der Waals surface area contributed by atoms with Crippen molar-refractivity contribution >= 4 is 17.7 Å². The lowest BCUT2D eigenvalue weighted by Crippen LogP contribution is -2.40. The Kier molecular flexibility index (Phi) is 8.30. The number of benzene rings is 1. The standard InChI is InChI=1S/C21H29NO5/c1-2-3-4-15-27-18-7-5-16(6-8-18)19(23)9-10-20(24)22-13-11-17(12-14-22)21(25)26/h5-8,17H,2-4,9-15H2,1H3,(H,25,26). The lowest BCUT2D eigenvalue weighted by atomic mass is 9.96. The van der Waals surface area contributed by atoms with Gasteiger partial charge in [0.1, 0.15) is 5.75 Å². The minimum absolute atomic E-state index is 0.0682. The molecule has 0 atom stereocenters. The molecule has 1 fully saturated rings. The number of Topliss-reactive ketones (excluding diaryl/α,β-unsaturated/α-hetero) is 1. The van der Waals surface area contributed by atoms with Crippen LogP contribution in [0.5, 0.6) is 5.75 Å². The molecule has 1 amide bonds. The molecule has 2 rings (SSSR count). The van der Waals surface area contributed by atoms with E-state index in [-0.39, 0.29) is 30.4 Å². The van der Waals surface area contributed by atoms with E-state index in [1.165, 1.54) is 0 Å². The summed E-state index contributed by atoms with van der Waals surface area (Å²) >= 11 is 0. The van der Waals surface area contributed by atoms with E-state index in [0.717, 1.165) is 25.0 Å². The van der Waals surface area contributed by atoms with Crippen LogP contribution in [-0.4, -0.2) is 47.4 Å². The van der Waals surface area contributed by atoms with Gasteiger partial charge >= 0.3 is 5.97 Å². The summed E-state index contributed by atoms with van der Waals surface area (Å²) in [6.45, 7) is 3.72. The molecule has 1 N–H and O–H groups in total. The van der Waals surface area contributed by atoms with Gasteiger partial charge in [0, 0.05) is 31.5 Å². The molecule has 27 heavy (non-hydrogen) atoms. The fraction of sp³-hybridized carbons (Fsp3) is 0.571. The molecular formula is C21H29NO5. The minimum atomic E-state index is -0.796. The normalized spacial score (nSPS) is 14.8. The zero-order valence-electron chi connectivity index (χ0n) is 16.0. The topological polar surface area (TPSA) is 83.9 Å². The maximum absolute atomic E-state index is 12.3. The second kappa shape index (κ2) is 10.7. The molecule has 1 aliphatic heterocycles. The lowest BCUT2D eigenvalue weighted by molar-refractivity contribution is -0.145. The maximum atomic E-state index is 12.3. The Bertz CT molecular complexity index is 632. The van der Waals surface area contributed by atoms with E-state index in [4.69, 9.17) is 9.84 Å². The Morgan fingerprint density at radius 2 is 1.74 bits per heavy atom. The van der Waals surface area contributed by atoms with Gasteiger partial charge in [-0.25, -0.2) is 0 Å². The summed E-state index contributed by atoms with van der Waals surface area (Å²) in [5, 5.41) is 9.00. The van der Waals surface area contributed by atoms with Gasteiger partial charge < -0.3 is 14.7 Å². The summed E-state index contributed by atoms with van der Waals surface area (Å²) in [7, 11) is 0. The number of rotatable bonds is 10. The number of likely N-dealkylation sites (tertiary alicyclic amines) is 1. The molecule has 1 aliphatic rings. The zero-order valence-corrected chi connectivity index (χ0v) is 16.0. The van der Waals surface area contributed by atoms with Gasteiger partial charge in [-0.05, 0) is 43.5 Å². The van der Waals surface area contributed by atoms with Gasteiger partial charge in [-0.2, -0.15) is 0 Å². The quantitative estimate of drug-likeness (QED) is 0.499. The Labute approximate surface area is 160 Å². The molecule has 1 aromatic carbocycles. The highest BCUT2D eigenvalue weighted by atomic mass is 16.5. The number of hydrogen-bond acceptors (Lipinski definition) is 4. The van der Waals surface area contributed by atoms with Crippen molar-refractivity contribution in [1.82, 2.24) is 4.90 Å². The van der Waals surface area contributed by atoms with Crippen LogP contribution in [0.15, 0.2) is 24.3 Å². The monoisotopic (exact) mass is 375 g/mol. The number of ether oxygens (including phenoxy) is 1. The van der Waals surface area contributed by atoms with E-state index in [1.54, 1.807) is 29.2 Å². The number of unbranched alkanes of at least 4 members (excludes halogenated alkanes) is 2. The second-order valence-electron chi connectivity index (χ2n) is 7.00. The Hall–Kier alpha value is -2.37. The molecule has 1 aromatic rings. The van der Waals surface area contributed by atoms with Crippen LogP contribution in [0.4, 0.5) is 0 Å². The Balaban J connectivity index is 1.73. The third-order valence-corrected chi connectivity index (χ3v) is 4.96. The minimum Gasteiger partial charge on any atom is -0.494 e. The number of carbonyl (C=O) groups is 3. The van der Waals surface area contributed by atoms with Crippen LogP contribution < -0.4 is 4.74 Å². The first-order valence-corrected chi connectivity index (χ1v) is 9.78. The molecule has 1 saturated heterocycles. The van der Waals surface area contributed by atoms with Crippen LogP contribution in [-0.2, 0) is 9.59 Å². The number of piperidine rings is 1. The van der Waals surface area contributed by atoms with E-state index < -0.39 is 5.97 Å². The SMILES string of the molecule is CCCCCOc1ccc(C(=O)CCC(=O)N2CCC(C(=O)O)CC2)cc1. The maximum Gasteiger partial charge on any atom is 0.306 e.